The molecule has 1 rings (SSSR count). The predicted molar refractivity (Wildman–Crippen MR) is 55.4 cm³/mol. The van der Waals surface area contributed by atoms with E-state index in [1.165, 1.54) is 15.3 Å². The van der Waals surface area contributed by atoms with Crippen LogP contribution in [0.3, 0.4) is 0 Å². The van der Waals surface area contributed by atoms with Crippen LogP contribution in [0.15, 0.2) is 18.2 Å². The Labute approximate surface area is 91.6 Å². The summed E-state index contributed by atoms with van der Waals surface area (Å²) in [6.45, 7) is 0. The summed E-state index contributed by atoms with van der Waals surface area (Å²) in [5.41, 5.74) is -3.70. The minimum absolute atomic E-state index is 0.148. The predicted octanol–water partition coefficient (Wildman–Crippen LogP) is 3.64. The number of Topliss-reactive ketones (excluding diaryl/α,β-unsaturated/α-hetero) is 1. The van der Waals surface area contributed by atoms with Crippen LogP contribution in [0.2, 0.25) is 10.0 Å². The van der Waals surface area contributed by atoms with Gasteiger partial charge in [-0.1, -0.05) is 32.4 Å². The zero-order valence-electron chi connectivity index (χ0n) is 6.73. The maximum absolute atomic E-state index is 12.6. The Morgan fingerprint density at radius 1 is 1.21 bits per heavy atom. The topological polar surface area (TPSA) is 17.1 Å². The van der Waals surface area contributed by atoms with Gasteiger partial charge < -0.3 is 0 Å². The summed E-state index contributed by atoms with van der Waals surface area (Å²) in [4.78, 5) is 11.1. The standard InChI is InChI=1S/C8H5Cl2F2OP/c9-5-1-4(2-6(10)3-5)7(13)8(11,12)14/h1-3H,14H2. The van der Waals surface area contributed by atoms with Crippen molar-refractivity contribution in [2.75, 3.05) is 0 Å². The summed E-state index contributed by atoms with van der Waals surface area (Å²) < 4.78 is 25.2. The summed E-state index contributed by atoms with van der Waals surface area (Å²) in [5.74, 6) is -1.33. The summed E-state index contributed by atoms with van der Waals surface area (Å²) in [7, 11) is 1.17. The van der Waals surface area contributed by atoms with E-state index in [0.29, 0.717) is 0 Å². The number of carbonyl (C=O) groups is 1. The average Bonchev–Trinajstić information content (AvgIpc) is 1.99. The third-order valence-corrected chi connectivity index (χ3v) is 2.13. The molecule has 1 aromatic rings. The Bertz CT molecular complexity index is 356. The minimum Gasteiger partial charge on any atom is -0.287 e. The molecule has 0 N–H and O–H groups in total. The largest absolute Gasteiger partial charge is 0.320 e. The Morgan fingerprint density at radius 2 is 1.64 bits per heavy atom. The van der Waals surface area contributed by atoms with E-state index in [0.717, 1.165) is 12.1 Å². The highest BCUT2D eigenvalue weighted by atomic mass is 35.5. The quantitative estimate of drug-likeness (QED) is 0.583. The van der Waals surface area contributed by atoms with Crippen molar-refractivity contribution in [3.63, 3.8) is 0 Å². The Balaban J connectivity index is 3.14. The van der Waals surface area contributed by atoms with Crippen LogP contribution in [-0.4, -0.2) is 11.4 Å². The average molecular weight is 257 g/mol. The number of hydrogen-bond acceptors (Lipinski definition) is 1. The van der Waals surface area contributed by atoms with Crippen molar-refractivity contribution in [1.82, 2.24) is 0 Å². The van der Waals surface area contributed by atoms with Crippen LogP contribution in [0.1, 0.15) is 10.4 Å². The van der Waals surface area contributed by atoms with Gasteiger partial charge in [-0.05, 0) is 18.2 Å². The van der Waals surface area contributed by atoms with Gasteiger partial charge in [0.05, 0.1) is 0 Å². The molecule has 0 bridgehead atoms. The van der Waals surface area contributed by atoms with Crippen LogP contribution in [0, 0.1) is 0 Å². The van der Waals surface area contributed by atoms with Crippen LogP contribution in [0.5, 0.6) is 0 Å². The van der Waals surface area contributed by atoms with E-state index < -0.39 is 11.4 Å². The Hall–Kier alpha value is -0.240. The minimum atomic E-state index is -3.49. The van der Waals surface area contributed by atoms with Crippen molar-refractivity contribution < 1.29 is 13.6 Å². The van der Waals surface area contributed by atoms with Crippen molar-refractivity contribution in [1.29, 1.82) is 0 Å². The molecule has 0 fully saturated rings. The fourth-order valence-corrected chi connectivity index (χ4v) is 1.57. The van der Waals surface area contributed by atoms with Crippen LogP contribution < -0.4 is 0 Å². The molecule has 0 saturated heterocycles. The SMILES string of the molecule is O=C(c1cc(Cl)cc(Cl)c1)C(F)(F)P. The summed E-state index contributed by atoms with van der Waals surface area (Å²) >= 11 is 11.1. The van der Waals surface area contributed by atoms with E-state index in [4.69, 9.17) is 23.2 Å². The van der Waals surface area contributed by atoms with Crippen molar-refractivity contribution >= 4 is 38.2 Å². The molecule has 0 spiro atoms. The molecule has 0 heterocycles. The highest BCUT2D eigenvalue weighted by Crippen LogP contribution is 2.29. The van der Waals surface area contributed by atoms with E-state index >= 15 is 0 Å². The number of carbonyl (C=O) groups excluding carboxylic acids is 1. The number of benzene rings is 1. The molecular weight excluding hydrogens is 252 g/mol. The summed E-state index contributed by atoms with van der Waals surface area (Å²) in [6.07, 6.45) is 0. The number of rotatable bonds is 2. The molecule has 6 heteroatoms. The molecule has 0 aliphatic heterocycles. The van der Waals surface area contributed by atoms with E-state index in [9.17, 15) is 13.6 Å². The number of alkyl halides is 2. The van der Waals surface area contributed by atoms with Crippen LogP contribution in [0.4, 0.5) is 8.78 Å². The highest BCUT2D eigenvalue weighted by Gasteiger charge is 2.33. The molecule has 1 aromatic carbocycles. The van der Waals surface area contributed by atoms with E-state index in [1.54, 1.807) is 0 Å². The van der Waals surface area contributed by atoms with Gasteiger partial charge in [-0.15, -0.1) is 0 Å². The van der Waals surface area contributed by atoms with Gasteiger partial charge >= 0.3 is 5.66 Å². The third kappa shape index (κ3) is 2.88. The van der Waals surface area contributed by atoms with Crippen molar-refractivity contribution in [3.05, 3.63) is 33.8 Å². The molecule has 0 saturated carbocycles. The Morgan fingerprint density at radius 3 is 2.00 bits per heavy atom. The highest BCUT2D eigenvalue weighted by molar-refractivity contribution is 7.20. The smallest absolute Gasteiger partial charge is 0.287 e. The van der Waals surface area contributed by atoms with Crippen molar-refractivity contribution in [2.24, 2.45) is 0 Å². The number of ketones is 1. The first-order valence-electron chi connectivity index (χ1n) is 3.48. The first kappa shape index (κ1) is 11.8. The Kier molecular flexibility index (Phi) is 3.46. The maximum Gasteiger partial charge on any atom is 0.320 e. The van der Waals surface area contributed by atoms with Gasteiger partial charge in [0.25, 0.3) is 0 Å². The fourth-order valence-electron chi connectivity index (χ4n) is 0.877. The van der Waals surface area contributed by atoms with Gasteiger partial charge in [0.1, 0.15) is 0 Å². The zero-order valence-corrected chi connectivity index (χ0v) is 9.40. The lowest BCUT2D eigenvalue weighted by Crippen LogP contribution is -2.20. The molecule has 14 heavy (non-hydrogen) atoms. The van der Waals surface area contributed by atoms with Crippen LogP contribution in [0.25, 0.3) is 0 Å². The van der Waals surface area contributed by atoms with Gasteiger partial charge in [-0.2, -0.15) is 8.78 Å². The van der Waals surface area contributed by atoms with Crippen molar-refractivity contribution in [3.8, 4) is 0 Å². The molecule has 0 amide bonds. The molecule has 1 atom stereocenters. The third-order valence-electron chi connectivity index (χ3n) is 1.43. The van der Waals surface area contributed by atoms with Crippen LogP contribution >= 0.6 is 32.4 Å². The molecule has 0 aromatic heterocycles. The second kappa shape index (κ2) is 4.09. The van der Waals surface area contributed by atoms with Gasteiger partial charge in [0.2, 0.25) is 5.78 Å². The molecule has 0 radical (unpaired) electrons. The lowest BCUT2D eigenvalue weighted by molar-refractivity contribution is 0.0562. The maximum atomic E-state index is 12.6. The first-order chi connectivity index (χ1) is 6.30. The molecular formula is C8H5Cl2F2OP. The van der Waals surface area contributed by atoms with Gasteiger partial charge in [0, 0.05) is 15.6 Å². The second-order valence-corrected chi connectivity index (χ2v) is 4.21. The van der Waals surface area contributed by atoms with E-state index in [-0.39, 0.29) is 15.6 Å². The van der Waals surface area contributed by atoms with E-state index in [1.807, 2.05) is 0 Å². The van der Waals surface area contributed by atoms with Gasteiger partial charge in [0.15, 0.2) is 0 Å². The summed E-state index contributed by atoms with van der Waals surface area (Å²) in [5, 5.41) is 0.296. The molecule has 1 unspecified atom stereocenters. The molecule has 1 nitrogen and oxygen atoms in total. The lowest BCUT2D eigenvalue weighted by atomic mass is 10.1. The fraction of sp³-hybridized carbons (Fsp3) is 0.125. The molecule has 76 valence electrons. The van der Waals surface area contributed by atoms with E-state index in [2.05, 4.69) is 0 Å². The number of hydrogen-bond donors (Lipinski definition) is 0. The van der Waals surface area contributed by atoms with Crippen molar-refractivity contribution in [2.45, 2.75) is 5.66 Å². The normalized spacial score (nSPS) is 11.5. The summed E-state index contributed by atoms with van der Waals surface area (Å²) in [6, 6.07) is 3.66. The van der Waals surface area contributed by atoms with Gasteiger partial charge in [-0.25, -0.2) is 0 Å². The second-order valence-electron chi connectivity index (χ2n) is 2.61. The van der Waals surface area contributed by atoms with Crippen LogP contribution in [-0.2, 0) is 0 Å². The number of halogens is 4. The lowest BCUT2D eigenvalue weighted by Gasteiger charge is -2.08. The first-order valence-corrected chi connectivity index (χ1v) is 4.81. The molecule has 0 aliphatic rings. The monoisotopic (exact) mass is 256 g/mol. The molecule has 0 aliphatic carbocycles. The zero-order chi connectivity index (χ0) is 10.9. The van der Waals surface area contributed by atoms with Gasteiger partial charge in [-0.3, -0.25) is 4.79 Å².